The zero-order chi connectivity index (χ0) is 29.3. The third kappa shape index (κ3) is 5.21. The smallest absolute Gasteiger partial charge is 0.128 e. The molecule has 5 aromatic carbocycles. The third-order valence-electron chi connectivity index (χ3n) is 7.67. The largest absolute Gasteiger partial charge is 0.500 e. The van der Waals surface area contributed by atoms with E-state index < -0.39 is 0 Å². The van der Waals surface area contributed by atoms with E-state index in [0.717, 1.165) is 72.1 Å². The second-order valence-electron chi connectivity index (χ2n) is 10.3. The van der Waals surface area contributed by atoms with Crippen LogP contribution in [0.1, 0.15) is 0 Å². The van der Waals surface area contributed by atoms with Crippen molar-refractivity contribution in [2.75, 3.05) is 0 Å². The van der Waals surface area contributed by atoms with Crippen molar-refractivity contribution < 1.29 is 24.5 Å². The number of aromatic nitrogens is 4. The van der Waals surface area contributed by atoms with Crippen LogP contribution < -0.4 is 0 Å². The van der Waals surface area contributed by atoms with E-state index in [1.54, 1.807) is 18.6 Å². The van der Waals surface area contributed by atoms with Crippen molar-refractivity contribution in [2.24, 2.45) is 0 Å². The second-order valence-corrected chi connectivity index (χ2v) is 10.3. The Balaban J connectivity index is 0.000000211. The number of imidazole rings is 1. The minimum atomic E-state index is 0. The monoisotopic (exact) mass is 757 g/mol. The van der Waals surface area contributed by atoms with Gasteiger partial charge in [-0.05, 0) is 35.3 Å². The van der Waals surface area contributed by atoms with Crippen molar-refractivity contribution >= 4 is 43.7 Å². The maximum atomic E-state index is 6.54. The summed E-state index contributed by atoms with van der Waals surface area (Å²) in [6, 6.07) is 49.1. The first-order valence-electron chi connectivity index (χ1n) is 14.4. The molecule has 0 fully saturated rings. The summed E-state index contributed by atoms with van der Waals surface area (Å²) in [6.45, 7) is 0. The molecule has 6 heteroatoms. The Morgan fingerprint density at radius 2 is 1.44 bits per heavy atom. The molecule has 9 rings (SSSR count). The first-order chi connectivity index (χ1) is 21.8. The number of fused-ring (bicyclic) bond motifs is 6. The van der Waals surface area contributed by atoms with Gasteiger partial charge in [-0.25, -0.2) is 0 Å². The van der Waals surface area contributed by atoms with Crippen LogP contribution >= 0.6 is 0 Å². The van der Waals surface area contributed by atoms with Crippen LogP contribution in [-0.4, -0.2) is 19.5 Å². The number of para-hydroxylation sites is 1. The summed E-state index contributed by atoms with van der Waals surface area (Å²) in [4.78, 5) is 13.4. The second kappa shape index (κ2) is 12.3. The summed E-state index contributed by atoms with van der Waals surface area (Å²) in [5, 5.41) is 4.42. The van der Waals surface area contributed by atoms with Gasteiger partial charge in [0.25, 0.3) is 0 Å². The van der Waals surface area contributed by atoms with Gasteiger partial charge in [-0.1, -0.05) is 77.7 Å². The van der Waals surface area contributed by atoms with Crippen LogP contribution in [-0.2, 0) is 20.1 Å². The summed E-state index contributed by atoms with van der Waals surface area (Å²) in [5.74, 6) is 0.785. The molecule has 0 aliphatic carbocycles. The first kappa shape index (κ1) is 28.4. The van der Waals surface area contributed by atoms with Crippen molar-refractivity contribution in [3.05, 3.63) is 158 Å². The van der Waals surface area contributed by atoms with E-state index in [0.29, 0.717) is 0 Å². The molecule has 0 bridgehead atoms. The van der Waals surface area contributed by atoms with Gasteiger partial charge in [0.2, 0.25) is 0 Å². The van der Waals surface area contributed by atoms with Crippen molar-refractivity contribution in [2.45, 2.75) is 0 Å². The Labute approximate surface area is 273 Å². The molecule has 0 aliphatic heterocycles. The van der Waals surface area contributed by atoms with Gasteiger partial charge in [-0.3, -0.25) is 9.97 Å². The quantitative estimate of drug-likeness (QED) is 0.169. The van der Waals surface area contributed by atoms with Crippen LogP contribution in [0.3, 0.4) is 0 Å². The molecular weight excluding hydrogens is 733 g/mol. The van der Waals surface area contributed by atoms with Crippen molar-refractivity contribution in [1.29, 1.82) is 0 Å². The van der Waals surface area contributed by atoms with Crippen LogP contribution in [0.2, 0.25) is 0 Å². The summed E-state index contributed by atoms with van der Waals surface area (Å²) in [7, 11) is 0. The van der Waals surface area contributed by atoms with E-state index in [-0.39, 0.29) is 20.1 Å². The average molecular weight is 757 g/mol. The third-order valence-corrected chi connectivity index (χ3v) is 7.67. The fourth-order valence-electron chi connectivity index (χ4n) is 5.65. The number of benzene rings is 5. The van der Waals surface area contributed by atoms with E-state index in [2.05, 4.69) is 69.1 Å². The predicted molar refractivity (Wildman–Crippen MR) is 176 cm³/mol. The zero-order valence-corrected chi connectivity index (χ0v) is 26.3. The minimum Gasteiger partial charge on any atom is -0.500 e. The van der Waals surface area contributed by atoms with Gasteiger partial charge in [0.15, 0.2) is 0 Å². The molecule has 217 valence electrons. The van der Waals surface area contributed by atoms with Crippen molar-refractivity contribution in [3.8, 4) is 28.3 Å². The molecule has 0 amide bonds. The molecule has 0 spiro atoms. The molecule has 4 heterocycles. The fraction of sp³-hybridized carbons (Fsp3) is 0. The Bertz CT molecular complexity index is 2350. The normalized spacial score (nSPS) is 10.9. The molecule has 0 atom stereocenters. The molecule has 0 saturated carbocycles. The van der Waals surface area contributed by atoms with Gasteiger partial charge in [0, 0.05) is 49.0 Å². The molecule has 4 aromatic heterocycles. The van der Waals surface area contributed by atoms with Gasteiger partial charge >= 0.3 is 0 Å². The van der Waals surface area contributed by atoms with E-state index in [4.69, 9.17) is 9.40 Å². The van der Waals surface area contributed by atoms with Gasteiger partial charge < -0.3 is 14.0 Å². The number of nitrogens with zero attached hydrogens (tertiary/aromatic N) is 4. The average Bonchev–Trinajstić information content (AvgIpc) is 3.69. The van der Waals surface area contributed by atoms with Crippen molar-refractivity contribution in [3.63, 3.8) is 0 Å². The van der Waals surface area contributed by atoms with Crippen molar-refractivity contribution in [1.82, 2.24) is 19.5 Å². The molecule has 5 nitrogen and oxygen atoms in total. The number of hydrogen-bond acceptors (Lipinski definition) is 4. The molecule has 0 aliphatic rings. The SMILES string of the molecule is [Ir].[c-]1ccc2c(oc3c4ccccc4ccc23)c1-c1nc2cnccc2n1-c1ccccc1.[c-]1ccccc1-c1ccccn1. The van der Waals surface area contributed by atoms with E-state index in [1.807, 2.05) is 84.9 Å². The topological polar surface area (TPSA) is 56.7 Å². The van der Waals surface area contributed by atoms with E-state index >= 15 is 0 Å². The standard InChI is InChI=1S/C28H16N3O.C11H8N.Ir/c1-2-8-19(9-3-1)31-25-15-16-29-17-24(25)30-28(31)23-12-6-11-21-22-14-13-18-7-4-5-10-20(18)26(22)32-27(21)23;1-2-6-10(7-3-1)11-8-4-5-9-12-11;/h1-11,13-17H;1-6,8-9H;/q2*-1;. The zero-order valence-electron chi connectivity index (χ0n) is 23.9. The van der Waals surface area contributed by atoms with Crippen LogP contribution in [0.4, 0.5) is 0 Å². The predicted octanol–water partition coefficient (Wildman–Crippen LogP) is 9.49. The van der Waals surface area contributed by atoms with Crippen LogP contribution in [0, 0.1) is 12.1 Å². The van der Waals surface area contributed by atoms with E-state index in [1.165, 1.54) is 0 Å². The fourth-order valence-corrected chi connectivity index (χ4v) is 5.65. The molecule has 0 N–H and O–H groups in total. The molecule has 1 radical (unpaired) electrons. The molecular formula is C39H24IrN4O-2. The van der Waals surface area contributed by atoms with Gasteiger partial charge in [0.1, 0.15) is 5.58 Å². The maximum Gasteiger partial charge on any atom is 0.128 e. The van der Waals surface area contributed by atoms with Crippen LogP contribution in [0.15, 0.2) is 150 Å². The number of rotatable bonds is 3. The Morgan fingerprint density at radius 3 is 2.29 bits per heavy atom. The first-order valence-corrected chi connectivity index (χ1v) is 14.4. The van der Waals surface area contributed by atoms with Gasteiger partial charge in [0.05, 0.1) is 28.6 Å². The number of furan rings is 1. The van der Waals surface area contributed by atoms with E-state index in [9.17, 15) is 0 Å². The Hall–Kier alpha value is -5.42. The summed E-state index contributed by atoms with van der Waals surface area (Å²) >= 11 is 0. The minimum absolute atomic E-state index is 0. The summed E-state index contributed by atoms with van der Waals surface area (Å²) in [5.41, 5.74) is 7.39. The molecule has 0 saturated heterocycles. The number of pyridine rings is 2. The van der Waals surface area contributed by atoms with Gasteiger partial charge in [-0.15, -0.1) is 54.1 Å². The van der Waals surface area contributed by atoms with Crippen LogP contribution in [0.5, 0.6) is 0 Å². The Morgan fingerprint density at radius 1 is 0.622 bits per heavy atom. The Kier molecular flexibility index (Phi) is 7.74. The number of hydrogen-bond donors (Lipinski definition) is 0. The van der Waals surface area contributed by atoms with Gasteiger partial charge in [-0.2, -0.15) is 0 Å². The van der Waals surface area contributed by atoms with Crippen LogP contribution in [0.25, 0.3) is 72.1 Å². The summed E-state index contributed by atoms with van der Waals surface area (Å²) in [6.07, 6.45) is 5.38. The summed E-state index contributed by atoms with van der Waals surface area (Å²) < 4.78 is 8.68. The maximum absolute atomic E-state index is 6.54. The molecule has 0 unspecified atom stereocenters. The molecule has 45 heavy (non-hydrogen) atoms. The molecule has 9 aromatic rings.